The van der Waals surface area contributed by atoms with E-state index in [-0.39, 0.29) is 99.7 Å². The monoisotopic (exact) mass is 288 g/mol. The van der Waals surface area contributed by atoms with E-state index in [1.54, 1.807) is 0 Å². The molecule has 0 saturated carbocycles. The minimum Gasteiger partial charge on any atom is 0 e. The van der Waals surface area contributed by atoms with Crippen LogP contribution in [0.5, 0.6) is 0 Å². The zero-order chi connectivity index (χ0) is 0. The zero-order valence-electron chi connectivity index (χ0n) is 2.20. The molecule has 0 bridgehead atoms. The quantitative estimate of drug-likeness (QED) is 0.533. The van der Waals surface area contributed by atoms with Gasteiger partial charge in [-0.25, -0.2) is 0 Å². The van der Waals surface area contributed by atoms with Crippen LogP contribution in [-0.2, 0) is 82.3 Å². The second-order valence-corrected chi connectivity index (χ2v) is 0. The first kappa shape index (κ1) is 41.6. The van der Waals surface area contributed by atoms with Gasteiger partial charge in [0, 0.05) is 99.7 Å². The van der Waals surface area contributed by atoms with Crippen LogP contribution in [0, 0.1) is 0 Å². The van der Waals surface area contributed by atoms with E-state index in [2.05, 4.69) is 0 Å². The maximum atomic E-state index is 0. The molecule has 0 aromatic carbocycles. The Morgan fingerprint density at radius 1 is 0.800 bits per heavy atom. The van der Waals surface area contributed by atoms with Gasteiger partial charge in [0.2, 0.25) is 0 Å². The molecule has 0 aliphatic heterocycles. The van der Waals surface area contributed by atoms with Crippen molar-refractivity contribution in [2.45, 2.75) is 0 Å². The maximum absolute atomic E-state index is 0. The Balaban J connectivity index is 0. The second kappa shape index (κ2) is 27.1. The number of hydrogen-bond acceptors (Lipinski definition) is 0. The van der Waals surface area contributed by atoms with E-state index in [1.165, 1.54) is 0 Å². The molecule has 0 unspecified atom stereocenters. The Morgan fingerprint density at radius 3 is 0.800 bits per heavy atom. The molecule has 0 heterocycles. The molecule has 0 atom stereocenters. The summed E-state index contributed by atoms with van der Waals surface area (Å²) in [7, 11) is 0. The van der Waals surface area contributed by atoms with Gasteiger partial charge < -0.3 is 0 Å². The molecule has 0 N–H and O–H groups in total. The molecule has 4 radical (unpaired) electrons. The van der Waals surface area contributed by atoms with Gasteiger partial charge in [0.25, 0.3) is 0 Å². The van der Waals surface area contributed by atoms with Gasteiger partial charge in [-0.3, -0.25) is 0 Å². The third-order valence-corrected chi connectivity index (χ3v) is 0. The molecule has 0 spiro atoms. The van der Waals surface area contributed by atoms with Gasteiger partial charge in [-0.05, 0) is 0 Å². The number of rotatable bonds is 0. The summed E-state index contributed by atoms with van der Waals surface area (Å²) in [5, 5.41) is 0. The Hall–Kier alpha value is 3.19. The van der Waals surface area contributed by atoms with Gasteiger partial charge in [-0.1, -0.05) is 0 Å². The van der Waals surface area contributed by atoms with Crippen molar-refractivity contribution in [3.05, 3.63) is 0 Å². The topological polar surface area (TPSA) is 0 Å². The third-order valence-electron chi connectivity index (χ3n) is 0. The van der Waals surface area contributed by atoms with Crippen LogP contribution in [0.2, 0.25) is 0 Å². The van der Waals surface area contributed by atoms with Crippen LogP contribution >= 0.6 is 0 Å². The summed E-state index contributed by atoms with van der Waals surface area (Å²) in [5.41, 5.74) is 0. The van der Waals surface area contributed by atoms with Crippen LogP contribution in [0.15, 0.2) is 0 Å². The zero-order valence-corrected chi connectivity index (χ0v) is 8.94. The number of hydrogen-bond donors (Lipinski definition) is 0. The standard InChI is InChI=1S/Ag.Al.Ni.2Ti. The molecular weight excluding hydrogens is 289 g/mol. The molecule has 0 aliphatic carbocycles. The first-order chi connectivity index (χ1) is 0. The van der Waals surface area contributed by atoms with Crippen LogP contribution in [0.25, 0.3) is 0 Å². The average Bonchev–Trinajstić information content (AvgIpc) is 0. The molecule has 32 valence electrons. The van der Waals surface area contributed by atoms with Crippen molar-refractivity contribution in [2.24, 2.45) is 0 Å². The van der Waals surface area contributed by atoms with E-state index in [0.29, 0.717) is 0 Å². The predicted molar refractivity (Wildman–Crippen MR) is 5.75 cm³/mol. The van der Waals surface area contributed by atoms with E-state index >= 15 is 0 Å². The molecule has 0 saturated heterocycles. The van der Waals surface area contributed by atoms with Gasteiger partial charge in [0.1, 0.15) is 0 Å². The van der Waals surface area contributed by atoms with Crippen LogP contribution in [0.1, 0.15) is 0 Å². The van der Waals surface area contributed by atoms with Gasteiger partial charge in [0.05, 0.1) is 0 Å². The Bertz CT molecular complexity index is 9.61. The fraction of sp³-hybridized carbons (Fsp3) is 0. The van der Waals surface area contributed by atoms with E-state index in [9.17, 15) is 0 Å². The van der Waals surface area contributed by atoms with Crippen molar-refractivity contribution >= 4 is 17.4 Å². The fourth-order valence-electron chi connectivity index (χ4n) is 0. The molecule has 0 rings (SSSR count). The molecule has 0 aromatic rings. The van der Waals surface area contributed by atoms with Crippen LogP contribution in [0.3, 0.4) is 0 Å². The van der Waals surface area contributed by atoms with Crippen LogP contribution < -0.4 is 0 Å². The maximum Gasteiger partial charge on any atom is 0 e. The molecular formula is AgAlNiTi2. The van der Waals surface area contributed by atoms with Crippen LogP contribution in [-0.4, -0.2) is 17.4 Å². The molecule has 0 fully saturated rings. The normalized spacial score (nSPS) is 0. The Labute approximate surface area is 97.9 Å². The summed E-state index contributed by atoms with van der Waals surface area (Å²) in [6.45, 7) is 0. The van der Waals surface area contributed by atoms with Gasteiger partial charge in [-0.15, -0.1) is 0 Å². The van der Waals surface area contributed by atoms with Gasteiger partial charge in [0.15, 0.2) is 0 Å². The molecule has 0 amide bonds. The minimum atomic E-state index is 0. The molecule has 5 heteroatoms. The fourth-order valence-corrected chi connectivity index (χ4v) is 0. The summed E-state index contributed by atoms with van der Waals surface area (Å²) < 4.78 is 0. The summed E-state index contributed by atoms with van der Waals surface area (Å²) in [5.74, 6) is 0. The van der Waals surface area contributed by atoms with Crippen LogP contribution in [0.4, 0.5) is 0 Å². The third kappa shape index (κ3) is 19.0. The predicted octanol–water partition coefficient (Wildman–Crippen LogP) is -0.391. The molecule has 0 aliphatic rings. The first-order valence-corrected chi connectivity index (χ1v) is 0. The second-order valence-electron chi connectivity index (χ2n) is 0. The van der Waals surface area contributed by atoms with E-state index in [1.807, 2.05) is 0 Å². The van der Waals surface area contributed by atoms with E-state index in [0.717, 1.165) is 0 Å². The molecule has 0 nitrogen and oxygen atoms in total. The van der Waals surface area contributed by atoms with E-state index in [4.69, 9.17) is 0 Å². The van der Waals surface area contributed by atoms with Crippen molar-refractivity contribution in [3.8, 4) is 0 Å². The summed E-state index contributed by atoms with van der Waals surface area (Å²) >= 11 is 0. The Kier molecular flexibility index (Phi) is 225. The first-order valence-electron chi connectivity index (χ1n) is 0. The van der Waals surface area contributed by atoms with Crippen molar-refractivity contribution in [2.75, 3.05) is 0 Å². The van der Waals surface area contributed by atoms with E-state index < -0.39 is 0 Å². The van der Waals surface area contributed by atoms with Crippen molar-refractivity contribution < 1.29 is 82.3 Å². The van der Waals surface area contributed by atoms with Crippen molar-refractivity contribution in [1.29, 1.82) is 0 Å². The largest absolute Gasteiger partial charge is 0 e. The summed E-state index contributed by atoms with van der Waals surface area (Å²) in [6.07, 6.45) is 0. The Morgan fingerprint density at radius 2 is 0.800 bits per heavy atom. The smallest absolute Gasteiger partial charge is 0 e. The molecule has 5 heavy (non-hydrogen) atoms. The van der Waals surface area contributed by atoms with Gasteiger partial charge in [-0.2, -0.15) is 0 Å². The summed E-state index contributed by atoms with van der Waals surface area (Å²) in [4.78, 5) is 0. The molecule has 0 aromatic heterocycles. The minimum absolute atomic E-state index is 0. The SMILES string of the molecule is [Ag].[Al].[Ni].[Ti].[Ti]. The van der Waals surface area contributed by atoms with Gasteiger partial charge >= 0.3 is 0 Å². The summed E-state index contributed by atoms with van der Waals surface area (Å²) in [6, 6.07) is 0. The average molecular weight is 289 g/mol. The van der Waals surface area contributed by atoms with Crippen molar-refractivity contribution in [3.63, 3.8) is 0 Å². The van der Waals surface area contributed by atoms with Crippen molar-refractivity contribution in [1.82, 2.24) is 0 Å².